The van der Waals surface area contributed by atoms with E-state index in [2.05, 4.69) is 15.4 Å². The smallest absolute Gasteiger partial charge is 0.288 e. The van der Waals surface area contributed by atoms with Gasteiger partial charge in [-0.1, -0.05) is 23.2 Å². The zero-order chi connectivity index (χ0) is 14.7. The van der Waals surface area contributed by atoms with Gasteiger partial charge < -0.3 is 11.1 Å². The van der Waals surface area contributed by atoms with Gasteiger partial charge in [-0.15, -0.1) is 0 Å². The lowest BCUT2D eigenvalue weighted by molar-refractivity contribution is -0.122. The van der Waals surface area contributed by atoms with Gasteiger partial charge in [0, 0.05) is 11.2 Å². The number of aliphatic imine (C=N–C) groups is 1. The Labute approximate surface area is 124 Å². The molecule has 20 heavy (non-hydrogen) atoms. The van der Waals surface area contributed by atoms with Crippen molar-refractivity contribution in [2.24, 2.45) is 4.99 Å². The highest BCUT2D eigenvalue weighted by Crippen LogP contribution is 2.11. The largest absolute Gasteiger partial charge is 0.396 e. The van der Waals surface area contributed by atoms with Gasteiger partial charge in [-0.2, -0.15) is 5.10 Å². The van der Waals surface area contributed by atoms with Crippen molar-refractivity contribution in [2.75, 3.05) is 12.3 Å². The summed E-state index contributed by atoms with van der Waals surface area (Å²) in [6, 6.07) is -0.394. The third-order valence-electron chi connectivity index (χ3n) is 2.60. The van der Waals surface area contributed by atoms with Gasteiger partial charge in [0.25, 0.3) is 5.56 Å². The number of nitrogen functional groups attached to an aromatic ring is 1. The maximum absolute atomic E-state index is 11.9. The van der Waals surface area contributed by atoms with Gasteiger partial charge in [-0.3, -0.25) is 14.6 Å². The van der Waals surface area contributed by atoms with Crippen molar-refractivity contribution >= 4 is 41.0 Å². The SMILES string of the molecule is Nc1cnn(CC(=O)N[C@@H]2CN=CC=C2Cl)c(=O)c1Cl. The van der Waals surface area contributed by atoms with Crippen LogP contribution in [0.2, 0.25) is 5.02 Å². The second-order valence-corrected chi connectivity index (χ2v) is 4.88. The number of rotatable bonds is 3. The van der Waals surface area contributed by atoms with Crippen molar-refractivity contribution in [3.63, 3.8) is 0 Å². The van der Waals surface area contributed by atoms with E-state index in [0.29, 0.717) is 11.6 Å². The minimum absolute atomic E-state index is 0.0703. The van der Waals surface area contributed by atoms with Crippen LogP contribution in [0.3, 0.4) is 0 Å². The fourth-order valence-corrected chi connectivity index (χ4v) is 1.90. The molecule has 2 rings (SSSR count). The standard InChI is InChI=1S/C11H11Cl2N5O2/c12-6-1-2-15-4-8(6)17-9(19)5-18-11(20)10(13)7(14)3-16-18/h1-3,8H,4-5,14H2,(H,17,19)/t8-/m1/s1. The molecule has 7 nitrogen and oxygen atoms in total. The third-order valence-corrected chi connectivity index (χ3v) is 3.37. The van der Waals surface area contributed by atoms with Gasteiger partial charge in [-0.05, 0) is 6.08 Å². The molecule has 1 aromatic heterocycles. The molecule has 1 amide bonds. The van der Waals surface area contributed by atoms with Crippen molar-refractivity contribution in [3.8, 4) is 0 Å². The molecule has 0 spiro atoms. The number of hydrogen-bond donors (Lipinski definition) is 2. The van der Waals surface area contributed by atoms with Crippen LogP contribution < -0.4 is 16.6 Å². The number of nitrogens with one attached hydrogen (secondary N) is 1. The zero-order valence-corrected chi connectivity index (χ0v) is 11.7. The van der Waals surface area contributed by atoms with Crippen molar-refractivity contribution in [3.05, 3.63) is 32.7 Å². The molecule has 0 radical (unpaired) electrons. The molecule has 2 heterocycles. The Morgan fingerprint density at radius 2 is 2.30 bits per heavy atom. The number of dihydropyridines is 1. The predicted octanol–water partition coefficient (Wildman–Crippen LogP) is 0.171. The van der Waals surface area contributed by atoms with Gasteiger partial charge >= 0.3 is 0 Å². The molecule has 1 aliphatic rings. The molecule has 0 saturated carbocycles. The van der Waals surface area contributed by atoms with Crippen LogP contribution in [0.25, 0.3) is 0 Å². The van der Waals surface area contributed by atoms with E-state index < -0.39 is 17.5 Å². The number of hydrogen-bond acceptors (Lipinski definition) is 5. The van der Waals surface area contributed by atoms with Crippen LogP contribution in [0, 0.1) is 0 Å². The lowest BCUT2D eigenvalue weighted by Crippen LogP contribution is -2.42. The lowest BCUT2D eigenvalue weighted by atomic mass is 10.2. The second kappa shape index (κ2) is 6.06. The summed E-state index contributed by atoms with van der Waals surface area (Å²) >= 11 is 11.6. The fourth-order valence-electron chi connectivity index (χ4n) is 1.57. The van der Waals surface area contributed by atoms with Crippen LogP contribution in [-0.4, -0.2) is 34.5 Å². The van der Waals surface area contributed by atoms with Crippen LogP contribution >= 0.6 is 23.2 Å². The quantitative estimate of drug-likeness (QED) is 0.830. The van der Waals surface area contributed by atoms with Crippen molar-refractivity contribution < 1.29 is 4.79 Å². The number of anilines is 1. The van der Waals surface area contributed by atoms with Gasteiger partial charge in [0.2, 0.25) is 5.91 Å². The first-order chi connectivity index (χ1) is 9.49. The molecular formula is C11H11Cl2N5O2. The molecule has 0 aliphatic carbocycles. The minimum Gasteiger partial charge on any atom is -0.396 e. The molecule has 1 aromatic rings. The normalized spacial score (nSPS) is 17.7. The van der Waals surface area contributed by atoms with Crippen LogP contribution in [0.15, 0.2) is 27.1 Å². The fraction of sp³-hybridized carbons (Fsp3) is 0.273. The van der Waals surface area contributed by atoms with E-state index in [1.807, 2.05) is 0 Å². The topological polar surface area (TPSA) is 102 Å². The van der Waals surface area contributed by atoms with E-state index in [1.54, 1.807) is 12.3 Å². The Hall–Kier alpha value is -1.86. The summed E-state index contributed by atoms with van der Waals surface area (Å²) in [6.07, 6.45) is 4.38. The average molecular weight is 316 g/mol. The first-order valence-electron chi connectivity index (χ1n) is 5.65. The van der Waals surface area contributed by atoms with Gasteiger partial charge in [0.05, 0.1) is 24.5 Å². The van der Waals surface area contributed by atoms with E-state index in [4.69, 9.17) is 28.9 Å². The predicted molar refractivity (Wildman–Crippen MR) is 77.1 cm³/mol. The average Bonchev–Trinajstić information content (AvgIpc) is 2.42. The van der Waals surface area contributed by atoms with Crippen molar-refractivity contribution in [1.29, 1.82) is 0 Å². The first kappa shape index (κ1) is 14.5. The Balaban J connectivity index is 2.06. The number of aromatic nitrogens is 2. The molecule has 0 saturated heterocycles. The Morgan fingerprint density at radius 1 is 1.55 bits per heavy atom. The summed E-state index contributed by atoms with van der Waals surface area (Å²) < 4.78 is 0.928. The molecule has 106 valence electrons. The summed E-state index contributed by atoms with van der Waals surface area (Å²) in [4.78, 5) is 27.6. The summed E-state index contributed by atoms with van der Waals surface area (Å²) in [5.41, 5.74) is 4.89. The molecule has 1 atom stereocenters. The highest BCUT2D eigenvalue weighted by Gasteiger charge is 2.18. The van der Waals surface area contributed by atoms with Crippen LogP contribution in [-0.2, 0) is 11.3 Å². The molecule has 0 fully saturated rings. The Bertz CT molecular complexity index is 653. The maximum Gasteiger partial charge on any atom is 0.288 e. The van der Waals surface area contributed by atoms with Crippen molar-refractivity contribution in [2.45, 2.75) is 12.6 Å². The number of nitrogens with two attached hydrogens (primary N) is 1. The number of allylic oxidation sites excluding steroid dienone is 1. The Morgan fingerprint density at radius 3 is 3.00 bits per heavy atom. The van der Waals surface area contributed by atoms with E-state index in [-0.39, 0.29) is 17.3 Å². The van der Waals surface area contributed by atoms with E-state index in [0.717, 1.165) is 4.68 Å². The number of carbonyl (C=O) groups is 1. The maximum atomic E-state index is 11.9. The number of carbonyl (C=O) groups excluding carboxylic acids is 1. The zero-order valence-electron chi connectivity index (χ0n) is 10.2. The van der Waals surface area contributed by atoms with Gasteiger partial charge in [0.1, 0.15) is 11.6 Å². The summed E-state index contributed by atoms with van der Waals surface area (Å²) in [5.74, 6) is -0.422. The van der Waals surface area contributed by atoms with Crippen molar-refractivity contribution in [1.82, 2.24) is 15.1 Å². The van der Waals surface area contributed by atoms with E-state index >= 15 is 0 Å². The molecule has 9 heteroatoms. The monoisotopic (exact) mass is 315 g/mol. The number of nitrogens with zero attached hydrogens (tertiary/aromatic N) is 3. The molecule has 3 N–H and O–H groups in total. The molecule has 0 unspecified atom stereocenters. The number of halogens is 2. The molecular weight excluding hydrogens is 305 g/mol. The van der Waals surface area contributed by atoms with Crippen LogP contribution in [0.4, 0.5) is 5.69 Å². The van der Waals surface area contributed by atoms with Gasteiger partial charge in [-0.25, -0.2) is 4.68 Å². The lowest BCUT2D eigenvalue weighted by Gasteiger charge is -2.18. The molecule has 0 bridgehead atoms. The first-order valence-corrected chi connectivity index (χ1v) is 6.40. The molecule has 0 aromatic carbocycles. The summed E-state index contributed by atoms with van der Waals surface area (Å²) in [6.45, 7) is 0.0785. The molecule has 1 aliphatic heterocycles. The summed E-state index contributed by atoms with van der Waals surface area (Å²) in [7, 11) is 0. The Kier molecular flexibility index (Phi) is 4.41. The highest BCUT2D eigenvalue weighted by atomic mass is 35.5. The van der Waals surface area contributed by atoms with Crippen LogP contribution in [0.1, 0.15) is 0 Å². The van der Waals surface area contributed by atoms with E-state index in [9.17, 15) is 9.59 Å². The van der Waals surface area contributed by atoms with Gasteiger partial charge in [0.15, 0.2) is 0 Å². The van der Waals surface area contributed by atoms with Crippen LogP contribution in [0.5, 0.6) is 0 Å². The second-order valence-electron chi connectivity index (χ2n) is 4.06. The minimum atomic E-state index is -0.620. The number of amides is 1. The highest BCUT2D eigenvalue weighted by molar-refractivity contribution is 6.32. The third kappa shape index (κ3) is 3.17. The summed E-state index contributed by atoms with van der Waals surface area (Å²) in [5, 5.41) is 6.72. The van der Waals surface area contributed by atoms with E-state index in [1.165, 1.54) is 6.20 Å².